The number of rotatable bonds is 3. The van der Waals surface area contributed by atoms with Gasteiger partial charge in [0.2, 0.25) is 0 Å². The first-order chi connectivity index (χ1) is 8.08. The summed E-state index contributed by atoms with van der Waals surface area (Å²) in [5, 5.41) is 11.5. The maximum absolute atomic E-state index is 6.08. The van der Waals surface area contributed by atoms with Gasteiger partial charge in [0.15, 0.2) is 0 Å². The van der Waals surface area contributed by atoms with Gasteiger partial charge in [0.25, 0.3) is 0 Å². The molecule has 3 nitrogen and oxygen atoms in total. The molecule has 6 heteroatoms. The molecule has 2 N–H and O–H groups in total. The van der Waals surface area contributed by atoms with Crippen molar-refractivity contribution in [3.63, 3.8) is 0 Å². The Balaban J connectivity index is 2.25. The molecule has 0 saturated carbocycles. The molecule has 1 heterocycles. The predicted octanol–water partition coefficient (Wildman–Crippen LogP) is 4.54. The molecule has 1 atom stereocenters. The van der Waals surface area contributed by atoms with Gasteiger partial charge >= 0.3 is 0 Å². The van der Waals surface area contributed by atoms with Crippen LogP contribution in [-0.2, 0) is 0 Å². The highest BCUT2D eigenvalue weighted by atomic mass is 35.5. The minimum Gasteiger partial charge on any atom is -0.375 e. The second kappa shape index (κ2) is 5.17. The van der Waals surface area contributed by atoms with Crippen LogP contribution in [0.2, 0.25) is 15.1 Å². The number of nitrogens with one attached hydrogen (secondary N) is 2. The Morgan fingerprint density at radius 1 is 1.24 bits per heavy atom. The zero-order valence-corrected chi connectivity index (χ0v) is 11.2. The zero-order chi connectivity index (χ0) is 12.4. The van der Waals surface area contributed by atoms with E-state index in [-0.39, 0.29) is 6.04 Å². The Morgan fingerprint density at radius 3 is 2.41 bits per heavy atom. The normalized spacial score (nSPS) is 12.5. The van der Waals surface area contributed by atoms with Crippen LogP contribution >= 0.6 is 34.8 Å². The molecule has 0 fully saturated rings. The summed E-state index contributed by atoms with van der Waals surface area (Å²) in [6.45, 7) is 1.98. The highest BCUT2D eigenvalue weighted by molar-refractivity contribution is 6.41. The van der Waals surface area contributed by atoms with E-state index in [1.54, 1.807) is 18.3 Å². The Bertz CT molecular complexity index is 488. The van der Waals surface area contributed by atoms with Gasteiger partial charge in [-0.15, -0.1) is 0 Å². The number of anilines is 1. The number of hydrogen-bond donors (Lipinski definition) is 2. The number of H-pyrrole nitrogens is 1. The van der Waals surface area contributed by atoms with Crippen molar-refractivity contribution in [1.29, 1.82) is 0 Å². The zero-order valence-electron chi connectivity index (χ0n) is 8.97. The van der Waals surface area contributed by atoms with Crippen LogP contribution in [0.1, 0.15) is 18.7 Å². The number of halogens is 3. The third-order valence-electron chi connectivity index (χ3n) is 2.36. The molecule has 2 rings (SSSR count). The summed E-state index contributed by atoms with van der Waals surface area (Å²) in [4.78, 5) is 0. The van der Waals surface area contributed by atoms with Crippen LogP contribution in [0.25, 0.3) is 0 Å². The van der Waals surface area contributed by atoms with Gasteiger partial charge in [0.1, 0.15) is 0 Å². The summed E-state index contributed by atoms with van der Waals surface area (Å²) < 4.78 is 0. The monoisotopic (exact) mass is 289 g/mol. The molecule has 1 unspecified atom stereocenters. The average molecular weight is 291 g/mol. The summed E-state index contributed by atoms with van der Waals surface area (Å²) in [6.07, 6.45) is 1.69. The fourth-order valence-corrected chi connectivity index (χ4v) is 2.41. The van der Waals surface area contributed by atoms with E-state index in [4.69, 9.17) is 34.8 Å². The van der Waals surface area contributed by atoms with Crippen LogP contribution < -0.4 is 5.32 Å². The number of aromatic nitrogens is 2. The van der Waals surface area contributed by atoms with E-state index in [1.807, 2.05) is 13.0 Å². The summed E-state index contributed by atoms with van der Waals surface area (Å²) in [5.41, 5.74) is 1.62. The highest BCUT2D eigenvalue weighted by Crippen LogP contribution is 2.35. The van der Waals surface area contributed by atoms with Gasteiger partial charge < -0.3 is 5.32 Å². The molecule has 0 aliphatic rings. The summed E-state index contributed by atoms with van der Waals surface area (Å²) in [7, 11) is 0. The van der Waals surface area contributed by atoms with E-state index in [9.17, 15) is 0 Å². The minimum absolute atomic E-state index is 0.0219. The fraction of sp³-hybridized carbons (Fsp3) is 0.182. The van der Waals surface area contributed by atoms with E-state index in [0.29, 0.717) is 20.8 Å². The lowest BCUT2D eigenvalue weighted by atomic mass is 10.2. The van der Waals surface area contributed by atoms with Crippen molar-refractivity contribution in [2.24, 2.45) is 0 Å². The molecule has 2 aromatic rings. The first-order valence-electron chi connectivity index (χ1n) is 4.98. The molecule has 0 aliphatic carbocycles. The molecule has 0 aliphatic heterocycles. The van der Waals surface area contributed by atoms with Gasteiger partial charge in [-0.25, -0.2) is 0 Å². The predicted molar refractivity (Wildman–Crippen MR) is 72.1 cm³/mol. The lowest BCUT2D eigenvalue weighted by molar-refractivity contribution is 0.826. The Hall–Kier alpha value is -0.900. The largest absolute Gasteiger partial charge is 0.375 e. The van der Waals surface area contributed by atoms with Gasteiger partial charge in [0.05, 0.1) is 27.5 Å². The van der Waals surface area contributed by atoms with Crippen molar-refractivity contribution >= 4 is 40.5 Å². The molecule has 0 saturated heterocycles. The molecule has 17 heavy (non-hydrogen) atoms. The van der Waals surface area contributed by atoms with Crippen LogP contribution in [0.4, 0.5) is 5.69 Å². The topological polar surface area (TPSA) is 40.7 Å². The van der Waals surface area contributed by atoms with E-state index in [2.05, 4.69) is 15.5 Å². The van der Waals surface area contributed by atoms with Crippen molar-refractivity contribution in [2.75, 3.05) is 5.32 Å². The van der Waals surface area contributed by atoms with Crippen molar-refractivity contribution in [1.82, 2.24) is 10.2 Å². The Morgan fingerprint density at radius 2 is 1.88 bits per heavy atom. The van der Waals surface area contributed by atoms with Crippen LogP contribution in [0.15, 0.2) is 24.4 Å². The molecule has 1 aromatic carbocycles. The third kappa shape index (κ3) is 2.86. The molecule has 0 amide bonds. The van der Waals surface area contributed by atoms with E-state index in [1.165, 1.54) is 0 Å². The van der Waals surface area contributed by atoms with Gasteiger partial charge in [0, 0.05) is 11.2 Å². The maximum atomic E-state index is 6.08. The highest BCUT2D eigenvalue weighted by Gasteiger charge is 2.12. The van der Waals surface area contributed by atoms with Crippen LogP contribution in [0, 0.1) is 0 Å². The molecule has 90 valence electrons. The van der Waals surface area contributed by atoms with Crippen LogP contribution in [0.5, 0.6) is 0 Å². The smallest absolute Gasteiger partial charge is 0.0725 e. The molecular weight excluding hydrogens is 281 g/mol. The third-order valence-corrected chi connectivity index (χ3v) is 3.17. The standard InChI is InChI=1S/C11H10Cl3N3/c1-6(10-2-3-15-17-10)16-11-8(13)4-7(12)5-9(11)14/h2-6,16H,1H3,(H,15,17). The maximum Gasteiger partial charge on any atom is 0.0725 e. The minimum atomic E-state index is 0.0219. The van der Waals surface area contributed by atoms with Crippen molar-refractivity contribution in [3.05, 3.63) is 45.2 Å². The number of nitrogens with zero attached hydrogens (tertiary/aromatic N) is 1. The van der Waals surface area contributed by atoms with E-state index < -0.39 is 0 Å². The Labute approximate surface area is 114 Å². The van der Waals surface area contributed by atoms with Gasteiger partial charge in [-0.05, 0) is 25.1 Å². The molecule has 0 bridgehead atoms. The van der Waals surface area contributed by atoms with E-state index >= 15 is 0 Å². The van der Waals surface area contributed by atoms with Gasteiger partial charge in [-0.1, -0.05) is 34.8 Å². The summed E-state index contributed by atoms with van der Waals surface area (Å²) in [6, 6.07) is 5.21. The van der Waals surface area contributed by atoms with Crippen molar-refractivity contribution in [2.45, 2.75) is 13.0 Å². The summed E-state index contributed by atoms with van der Waals surface area (Å²) >= 11 is 18.0. The Kier molecular flexibility index (Phi) is 3.82. The first-order valence-corrected chi connectivity index (χ1v) is 6.11. The van der Waals surface area contributed by atoms with Gasteiger partial charge in [-0.2, -0.15) is 5.10 Å². The average Bonchev–Trinajstić information content (AvgIpc) is 2.76. The SMILES string of the molecule is CC(Nc1c(Cl)cc(Cl)cc1Cl)c1ccn[nH]1. The molecule has 0 spiro atoms. The second-order valence-corrected chi connectivity index (χ2v) is 4.87. The summed E-state index contributed by atoms with van der Waals surface area (Å²) in [5.74, 6) is 0. The number of benzene rings is 1. The lowest BCUT2D eigenvalue weighted by Gasteiger charge is -2.16. The second-order valence-electron chi connectivity index (χ2n) is 3.62. The fourth-order valence-electron chi connectivity index (χ4n) is 1.48. The molecular formula is C11H10Cl3N3. The number of hydrogen-bond acceptors (Lipinski definition) is 2. The van der Waals surface area contributed by atoms with Crippen molar-refractivity contribution < 1.29 is 0 Å². The van der Waals surface area contributed by atoms with Crippen LogP contribution in [-0.4, -0.2) is 10.2 Å². The van der Waals surface area contributed by atoms with Gasteiger partial charge in [-0.3, -0.25) is 5.10 Å². The first kappa shape index (κ1) is 12.6. The van der Waals surface area contributed by atoms with E-state index in [0.717, 1.165) is 5.69 Å². The molecule has 1 aromatic heterocycles. The quantitative estimate of drug-likeness (QED) is 0.871. The van der Waals surface area contributed by atoms with Crippen molar-refractivity contribution in [3.8, 4) is 0 Å². The molecule has 0 radical (unpaired) electrons. The van der Waals surface area contributed by atoms with Crippen LogP contribution in [0.3, 0.4) is 0 Å². The lowest BCUT2D eigenvalue weighted by Crippen LogP contribution is -2.08. The number of aromatic amines is 1.